The van der Waals surface area contributed by atoms with Gasteiger partial charge in [-0.15, -0.1) is 11.3 Å². The van der Waals surface area contributed by atoms with E-state index in [1.165, 1.54) is 12.3 Å². The minimum absolute atomic E-state index is 0.245. The van der Waals surface area contributed by atoms with E-state index in [4.69, 9.17) is 4.74 Å². The van der Waals surface area contributed by atoms with Crippen LogP contribution in [0, 0.1) is 5.82 Å². The van der Waals surface area contributed by atoms with Crippen LogP contribution < -0.4 is 10.1 Å². The normalized spacial score (nSPS) is 11.7. The lowest BCUT2D eigenvalue weighted by Gasteiger charge is -2.15. The van der Waals surface area contributed by atoms with Gasteiger partial charge in [-0.1, -0.05) is 30.3 Å². The number of hydrogen-bond acceptors (Lipinski definition) is 5. The van der Waals surface area contributed by atoms with Crippen molar-refractivity contribution in [3.63, 3.8) is 0 Å². The molecule has 0 saturated heterocycles. The molecule has 156 valence electrons. The van der Waals surface area contributed by atoms with Crippen molar-refractivity contribution in [3.8, 4) is 16.3 Å². The van der Waals surface area contributed by atoms with Crippen LogP contribution in [0.5, 0.6) is 5.75 Å². The Labute approximate surface area is 183 Å². The van der Waals surface area contributed by atoms with Gasteiger partial charge in [-0.2, -0.15) is 0 Å². The zero-order chi connectivity index (χ0) is 21.6. The summed E-state index contributed by atoms with van der Waals surface area (Å²) in [5.74, 6) is 0.0796. The molecule has 1 unspecified atom stereocenters. The van der Waals surface area contributed by atoms with Crippen molar-refractivity contribution in [3.05, 3.63) is 101 Å². The Kier molecular flexibility index (Phi) is 6.33. The summed E-state index contributed by atoms with van der Waals surface area (Å²) in [7, 11) is 0. The number of pyridine rings is 1. The van der Waals surface area contributed by atoms with Crippen molar-refractivity contribution in [2.24, 2.45) is 0 Å². The fourth-order valence-corrected chi connectivity index (χ4v) is 3.85. The minimum atomic E-state index is -0.361. The van der Waals surface area contributed by atoms with Crippen LogP contribution in [0.1, 0.15) is 33.9 Å². The number of nitrogens with zero attached hydrogens (tertiary/aromatic N) is 2. The molecule has 4 aromatic rings. The number of rotatable bonds is 7. The number of benzene rings is 2. The molecule has 0 bridgehead atoms. The molecule has 0 aliphatic rings. The zero-order valence-electron chi connectivity index (χ0n) is 16.8. The molecule has 1 N–H and O–H groups in total. The van der Waals surface area contributed by atoms with Gasteiger partial charge >= 0.3 is 0 Å². The predicted molar refractivity (Wildman–Crippen MR) is 118 cm³/mol. The van der Waals surface area contributed by atoms with E-state index in [9.17, 15) is 9.18 Å². The van der Waals surface area contributed by atoms with E-state index >= 15 is 0 Å². The van der Waals surface area contributed by atoms with Gasteiger partial charge in [0.15, 0.2) is 0 Å². The molecule has 0 spiro atoms. The Morgan fingerprint density at radius 3 is 2.74 bits per heavy atom. The Morgan fingerprint density at radius 1 is 1.10 bits per heavy atom. The highest BCUT2D eigenvalue weighted by molar-refractivity contribution is 7.16. The summed E-state index contributed by atoms with van der Waals surface area (Å²) < 4.78 is 19.8. The Morgan fingerprint density at radius 2 is 1.94 bits per heavy atom. The van der Waals surface area contributed by atoms with Gasteiger partial charge in [0.1, 0.15) is 28.1 Å². The Balaban J connectivity index is 1.41. The predicted octanol–water partition coefficient (Wildman–Crippen LogP) is 5.41. The van der Waals surface area contributed by atoms with Crippen LogP contribution in [0.3, 0.4) is 0 Å². The smallest absolute Gasteiger partial charge is 0.263 e. The molecule has 2 aromatic carbocycles. The van der Waals surface area contributed by atoms with Gasteiger partial charge < -0.3 is 10.1 Å². The van der Waals surface area contributed by atoms with E-state index in [0.717, 1.165) is 22.6 Å². The van der Waals surface area contributed by atoms with Crippen molar-refractivity contribution >= 4 is 17.2 Å². The monoisotopic (exact) mass is 433 g/mol. The van der Waals surface area contributed by atoms with Gasteiger partial charge in [0, 0.05) is 11.8 Å². The van der Waals surface area contributed by atoms with Crippen molar-refractivity contribution in [1.29, 1.82) is 0 Å². The van der Waals surface area contributed by atoms with Gasteiger partial charge in [-0.3, -0.25) is 9.78 Å². The molecule has 0 saturated carbocycles. The number of carbonyl (C=O) groups excluding carboxylic acids is 1. The molecule has 0 fully saturated rings. The first-order valence-corrected chi connectivity index (χ1v) is 10.6. The van der Waals surface area contributed by atoms with E-state index in [1.54, 1.807) is 24.4 Å². The van der Waals surface area contributed by atoms with Crippen LogP contribution in [0.25, 0.3) is 10.6 Å². The number of amides is 1. The lowest BCUT2D eigenvalue weighted by Crippen LogP contribution is -2.25. The second-order valence-corrected chi connectivity index (χ2v) is 7.92. The van der Waals surface area contributed by atoms with Crippen LogP contribution >= 0.6 is 11.3 Å². The van der Waals surface area contributed by atoms with E-state index in [0.29, 0.717) is 27.8 Å². The van der Waals surface area contributed by atoms with E-state index in [1.807, 2.05) is 49.4 Å². The van der Waals surface area contributed by atoms with E-state index < -0.39 is 0 Å². The second kappa shape index (κ2) is 9.49. The Hall–Kier alpha value is -3.58. The number of aromatic nitrogens is 2. The minimum Gasteiger partial charge on any atom is -0.487 e. The molecule has 4 rings (SSSR count). The molecule has 31 heavy (non-hydrogen) atoms. The molecule has 7 heteroatoms. The van der Waals surface area contributed by atoms with Crippen LogP contribution in [0.15, 0.2) is 79.1 Å². The summed E-state index contributed by atoms with van der Waals surface area (Å²) in [6.45, 7) is 2.26. The van der Waals surface area contributed by atoms with Gasteiger partial charge in [-0.25, -0.2) is 9.37 Å². The van der Waals surface area contributed by atoms with Gasteiger partial charge in [0.2, 0.25) is 0 Å². The summed E-state index contributed by atoms with van der Waals surface area (Å²) in [6, 6.07) is 19.4. The highest BCUT2D eigenvalue weighted by Gasteiger charge is 2.17. The summed E-state index contributed by atoms with van der Waals surface area (Å²) in [5.41, 5.74) is 2.13. The largest absolute Gasteiger partial charge is 0.487 e. The number of nitrogens with one attached hydrogen (secondary N) is 1. The fourth-order valence-electron chi connectivity index (χ4n) is 3.00. The number of thiazole rings is 1. The second-order valence-electron chi connectivity index (χ2n) is 6.89. The molecule has 1 atom stereocenters. The zero-order valence-corrected chi connectivity index (χ0v) is 17.6. The maximum absolute atomic E-state index is 14.0. The molecule has 0 radical (unpaired) electrons. The summed E-state index contributed by atoms with van der Waals surface area (Å²) in [5, 5.41) is 3.44. The van der Waals surface area contributed by atoms with Crippen molar-refractivity contribution in [2.45, 2.75) is 19.6 Å². The molecule has 2 aromatic heterocycles. The third-order valence-electron chi connectivity index (χ3n) is 4.65. The van der Waals surface area contributed by atoms with E-state index in [-0.39, 0.29) is 17.8 Å². The van der Waals surface area contributed by atoms with Gasteiger partial charge in [-0.05, 0) is 48.9 Å². The van der Waals surface area contributed by atoms with Crippen LogP contribution in [0.2, 0.25) is 0 Å². The van der Waals surface area contributed by atoms with Crippen molar-refractivity contribution in [1.82, 2.24) is 15.3 Å². The maximum atomic E-state index is 14.0. The first kappa shape index (κ1) is 20.7. The first-order chi connectivity index (χ1) is 15.1. The molecular formula is C24H20FN3O2S. The maximum Gasteiger partial charge on any atom is 0.263 e. The SMILES string of the molecule is CC(NC(=O)c1cnc(-c2ccccc2F)s1)c1cccc(OCc2ccccn2)c1. The lowest BCUT2D eigenvalue weighted by atomic mass is 10.1. The first-order valence-electron chi connectivity index (χ1n) is 9.74. The Bertz CT molecular complexity index is 1180. The summed E-state index contributed by atoms with van der Waals surface area (Å²) in [6.07, 6.45) is 3.20. The number of ether oxygens (including phenoxy) is 1. The molecule has 0 aliphatic heterocycles. The average molecular weight is 434 g/mol. The van der Waals surface area contributed by atoms with E-state index in [2.05, 4.69) is 15.3 Å². The fraction of sp³-hybridized carbons (Fsp3) is 0.125. The topological polar surface area (TPSA) is 64.1 Å². The summed E-state index contributed by atoms with van der Waals surface area (Å²) >= 11 is 1.16. The van der Waals surface area contributed by atoms with Gasteiger partial charge in [0.05, 0.1) is 17.9 Å². The quantitative estimate of drug-likeness (QED) is 0.423. The highest BCUT2D eigenvalue weighted by atomic mass is 32.1. The molecule has 5 nitrogen and oxygen atoms in total. The standard InChI is InChI=1S/C24H20FN3O2S/c1-16(17-7-6-9-19(13-17)30-15-18-8-4-5-12-26-18)28-23(29)22-14-27-24(31-22)20-10-2-3-11-21(20)25/h2-14,16H,15H2,1H3,(H,28,29). The van der Waals surface area contributed by atoms with Gasteiger partial charge in [0.25, 0.3) is 5.91 Å². The molecule has 1 amide bonds. The number of carbonyl (C=O) groups is 1. The van der Waals surface area contributed by atoms with Crippen molar-refractivity contribution in [2.75, 3.05) is 0 Å². The summed E-state index contributed by atoms with van der Waals surface area (Å²) in [4.78, 5) is 21.6. The average Bonchev–Trinajstić information content (AvgIpc) is 3.29. The van der Waals surface area contributed by atoms with Crippen LogP contribution in [-0.2, 0) is 6.61 Å². The molecule has 0 aliphatic carbocycles. The number of halogens is 1. The van der Waals surface area contributed by atoms with Crippen molar-refractivity contribution < 1.29 is 13.9 Å². The third kappa shape index (κ3) is 5.13. The lowest BCUT2D eigenvalue weighted by molar-refractivity contribution is 0.0943. The third-order valence-corrected chi connectivity index (χ3v) is 5.68. The molecular weight excluding hydrogens is 413 g/mol. The van der Waals surface area contributed by atoms with Crippen LogP contribution in [0.4, 0.5) is 4.39 Å². The highest BCUT2D eigenvalue weighted by Crippen LogP contribution is 2.28. The molecule has 2 heterocycles. The number of hydrogen-bond donors (Lipinski definition) is 1. The van der Waals surface area contributed by atoms with Crippen LogP contribution in [-0.4, -0.2) is 15.9 Å².